The number of hydrogen-bond acceptors (Lipinski definition) is 11. The number of nitrogens with two attached hydrogens (primary N) is 2. The molecule has 2 aromatic rings. The van der Waals surface area contributed by atoms with Crippen LogP contribution in [0.15, 0.2) is 39.1 Å². The van der Waals surface area contributed by atoms with Crippen LogP contribution in [0.5, 0.6) is 11.5 Å². The molecule has 2 aromatic carbocycles. The van der Waals surface area contributed by atoms with Crippen LogP contribution in [0.4, 0.5) is 22.7 Å². The van der Waals surface area contributed by atoms with Crippen LogP contribution in [-0.4, -0.2) is 31.7 Å². The van der Waals surface area contributed by atoms with Gasteiger partial charge in [0.1, 0.15) is 11.5 Å². The number of nitro benzene ring substituents is 2. The molecular formula is C16H19BBrN6O6S. The summed E-state index contributed by atoms with van der Waals surface area (Å²) in [4.78, 5) is 19.7. The van der Waals surface area contributed by atoms with Gasteiger partial charge in [0.05, 0.1) is 58.1 Å². The summed E-state index contributed by atoms with van der Waals surface area (Å²) in [5.74, 6) is 0.616. The number of nitrogens with zero attached hydrogens (tertiary/aromatic N) is 4. The Labute approximate surface area is 193 Å². The Bertz CT molecular complexity index is 944. The fourth-order valence-electron chi connectivity index (χ4n) is 1.67. The third kappa shape index (κ3) is 11.4. The van der Waals surface area contributed by atoms with Crippen molar-refractivity contribution < 1.29 is 19.3 Å². The Morgan fingerprint density at radius 1 is 1.10 bits per heavy atom. The molecule has 0 heterocycles. The van der Waals surface area contributed by atoms with E-state index in [2.05, 4.69) is 40.7 Å². The van der Waals surface area contributed by atoms with Crippen LogP contribution in [0.2, 0.25) is 0 Å². The van der Waals surface area contributed by atoms with E-state index in [0.717, 1.165) is 0 Å². The van der Waals surface area contributed by atoms with Crippen molar-refractivity contribution in [1.29, 1.82) is 5.26 Å². The Hall–Kier alpha value is -3.38. The topological polar surface area (TPSA) is 193 Å². The van der Waals surface area contributed by atoms with E-state index in [1.54, 1.807) is 6.07 Å². The van der Waals surface area contributed by atoms with Gasteiger partial charge in [0, 0.05) is 19.1 Å². The first-order valence-corrected chi connectivity index (χ1v) is 8.94. The van der Waals surface area contributed by atoms with Gasteiger partial charge in [0.15, 0.2) is 0 Å². The molecule has 0 saturated carbocycles. The van der Waals surface area contributed by atoms with Gasteiger partial charge in [-0.3, -0.25) is 20.2 Å². The number of non-ortho nitro benzene ring substituents is 2. The van der Waals surface area contributed by atoms with Gasteiger partial charge in [-0.25, -0.2) is 0 Å². The number of rotatable bonds is 4. The third-order valence-electron chi connectivity index (χ3n) is 2.93. The number of hydrogen-bond donors (Lipinski definition) is 3. The molecule has 12 nitrogen and oxygen atoms in total. The van der Waals surface area contributed by atoms with E-state index < -0.39 is 9.85 Å². The molecule has 0 unspecified atom stereocenters. The second kappa shape index (κ2) is 16.4. The first kappa shape index (κ1) is 29.8. The summed E-state index contributed by atoms with van der Waals surface area (Å²) in [7, 11) is 7.15. The standard InChI is InChI=1S/C7H7BrN2O3.C7H8N2O3.C2H3N.BHNS/c1-13-6-3-4(10(11)12)2-5(8)7(6)9;1-12-7-4-5(9(10)11)2-3-6(7)8;2*1-2-3/h2-3H,9H2,1H3;2-4H,8H2,1H3;1H3;3H. The van der Waals surface area contributed by atoms with E-state index in [0.29, 0.717) is 27.3 Å². The summed E-state index contributed by atoms with van der Waals surface area (Å²) < 4.78 is 12.8. The molecule has 0 aliphatic carbocycles. The summed E-state index contributed by atoms with van der Waals surface area (Å²) in [5, 5.41) is 28.0. The van der Waals surface area contributed by atoms with E-state index in [4.69, 9.17) is 26.2 Å². The number of nitro groups is 2. The maximum atomic E-state index is 10.4. The quantitative estimate of drug-likeness (QED) is 0.179. The van der Waals surface area contributed by atoms with Crippen LogP contribution in [-0.2, 0) is 0 Å². The van der Waals surface area contributed by atoms with Crippen molar-refractivity contribution in [3.63, 3.8) is 0 Å². The summed E-state index contributed by atoms with van der Waals surface area (Å²) in [6.45, 7) is 1.43. The predicted octanol–water partition coefficient (Wildman–Crippen LogP) is 3.85. The Morgan fingerprint density at radius 3 is 1.90 bits per heavy atom. The van der Waals surface area contributed by atoms with E-state index in [1.807, 2.05) is 0 Å². The molecule has 0 amide bonds. The number of benzene rings is 2. The minimum atomic E-state index is -0.507. The fraction of sp³-hybridized carbons (Fsp3) is 0.188. The number of halogens is 1. The molecule has 31 heavy (non-hydrogen) atoms. The number of thiol groups is 1. The molecule has 2 rings (SSSR count). The number of ether oxygens (including phenoxy) is 2. The zero-order valence-corrected chi connectivity index (χ0v) is 19.2. The number of methoxy groups -OCH3 is 2. The second-order valence-corrected chi connectivity index (χ2v) is 5.91. The van der Waals surface area contributed by atoms with Gasteiger partial charge in [0.2, 0.25) is 0 Å². The Kier molecular flexibility index (Phi) is 15.8. The van der Waals surface area contributed by atoms with Crippen LogP contribution in [0, 0.1) is 31.6 Å². The van der Waals surface area contributed by atoms with E-state index >= 15 is 0 Å². The third-order valence-corrected chi connectivity index (χ3v) is 3.59. The maximum absolute atomic E-state index is 10.4. The van der Waals surface area contributed by atoms with E-state index in [1.165, 1.54) is 51.5 Å². The Morgan fingerprint density at radius 2 is 1.52 bits per heavy atom. The molecule has 165 valence electrons. The van der Waals surface area contributed by atoms with Gasteiger partial charge in [-0.1, -0.05) is 0 Å². The van der Waals surface area contributed by atoms with Crippen LogP contribution in [0.25, 0.3) is 0 Å². The molecule has 0 aliphatic heterocycles. The van der Waals surface area contributed by atoms with Gasteiger partial charge < -0.3 is 20.9 Å². The van der Waals surface area contributed by atoms with Crippen LogP contribution in [0.1, 0.15) is 6.92 Å². The molecule has 0 aliphatic rings. The number of nitrogen functional groups attached to an aromatic ring is 2. The molecule has 15 heteroatoms. The molecule has 0 fully saturated rings. The first-order valence-electron chi connectivity index (χ1n) is 7.74. The summed E-state index contributed by atoms with van der Waals surface area (Å²) >= 11 is 6.29. The zero-order valence-electron chi connectivity index (χ0n) is 16.7. The summed E-state index contributed by atoms with van der Waals surface area (Å²) in [6.07, 6.45) is 0. The average molecular weight is 514 g/mol. The van der Waals surface area contributed by atoms with E-state index in [-0.39, 0.29) is 11.4 Å². The average Bonchev–Trinajstić information content (AvgIpc) is 2.71. The van der Waals surface area contributed by atoms with Crippen LogP contribution < -0.4 is 20.9 Å². The monoisotopic (exact) mass is 513 g/mol. The molecule has 0 saturated heterocycles. The van der Waals surface area contributed by atoms with Crippen molar-refractivity contribution >= 4 is 59.1 Å². The van der Waals surface area contributed by atoms with Gasteiger partial charge >= 0.3 is 24.8 Å². The van der Waals surface area contributed by atoms with Crippen molar-refractivity contribution in [2.75, 3.05) is 25.7 Å². The molecule has 4 N–H and O–H groups in total. The second-order valence-electron chi connectivity index (χ2n) is 4.82. The normalized spacial score (nSPS) is 8.35. The summed E-state index contributed by atoms with van der Waals surface area (Å²) in [6, 6.07) is 8.42. The first-order chi connectivity index (χ1) is 14.5. The van der Waals surface area contributed by atoms with Gasteiger partial charge in [-0.2, -0.15) is 5.26 Å². The van der Waals surface area contributed by atoms with Gasteiger partial charge in [-0.05, 0) is 22.0 Å². The van der Waals surface area contributed by atoms with Crippen molar-refractivity contribution in [3.05, 3.63) is 55.0 Å². The summed E-state index contributed by atoms with van der Waals surface area (Å²) in [5.41, 5.74) is 11.7. The molecule has 0 bridgehead atoms. The zero-order chi connectivity index (χ0) is 24.6. The molecular weight excluding hydrogens is 495 g/mol. The van der Waals surface area contributed by atoms with Crippen molar-refractivity contribution in [3.8, 4) is 17.6 Å². The predicted molar refractivity (Wildman–Crippen MR) is 124 cm³/mol. The van der Waals surface area contributed by atoms with Gasteiger partial charge in [-0.15, -0.1) is 0 Å². The molecule has 0 aromatic heterocycles. The van der Waals surface area contributed by atoms with Crippen molar-refractivity contribution in [1.82, 2.24) is 0 Å². The minimum absolute atomic E-state index is 0.0268. The molecule has 0 atom stereocenters. The Balaban J connectivity index is 0. The molecule has 0 spiro atoms. The van der Waals surface area contributed by atoms with Gasteiger partial charge in [0.25, 0.3) is 11.4 Å². The SMILES string of the molecule is CC#N.COc1cc([N+](=O)[O-])cc(Br)c1N.COc1cc([N+](=O)[O-])ccc1N.[B]=NS. The van der Waals surface area contributed by atoms with Crippen LogP contribution in [0.3, 0.4) is 0 Å². The van der Waals surface area contributed by atoms with Crippen molar-refractivity contribution in [2.45, 2.75) is 6.92 Å². The number of nitriles is 1. The van der Waals surface area contributed by atoms with Crippen LogP contribution >= 0.6 is 28.7 Å². The molecule has 1 radical (unpaired) electrons. The van der Waals surface area contributed by atoms with Crippen molar-refractivity contribution in [2.24, 2.45) is 4.30 Å². The fourth-order valence-corrected chi connectivity index (χ4v) is 2.10. The number of anilines is 2. The van der Waals surface area contributed by atoms with E-state index in [9.17, 15) is 20.2 Å².